The molecular weight excluding hydrogens is 437 g/mol. The largest absolute Gasteiger partial charge is 0.481 e. The zero-order valence-corrected chi connectivity index (χ0v) is 18.2. The second-order valence-electron chi connectivity index (χ2n) is 7.18. The highest BCUT2D eigenvalue weighted by atomic mass is 35.5. The Hall–Kier alpha value is -3.29. The van der Waals surface area contributed by atoms with Crippen molar-refractivity contribution in [2.45, 2.75) is 12.5 Å². The highest BCUT2D eigenvalue weighted by molar-refractivity contribution is 6.42. The highest BCUT2D eigenvalue weighted by Crippen LogP contribution is 2.49. The monoisotopic (exact) mass is 453 g/mol. The fourth-order valence-electron chi connectivity index (χ4n) is 3.53. The number of benzene rings is 2. The third-order valence-electron chi connectivity index (χ3n) is 5.01. The third-order valence-corrected chi connectivity index (χ3v) is 5.73. The average Bonchev–Trinajstić information content (AvgIpc) is 2.96. The summed E-state index contributed by atoms with van der Waals surface area (Å²) >= 11 is 12.3. The van der Waals surface area contributed by atoms with Crippen LogP contribution < -0.4 is 4.90 Å². The van der Waals surface area contributed by atoms with Gasteiger partial charge < -0.3 is 15.1 Å². The number of carboxylic acid groups (broad SMARTS) is 1. The zero-order chi connectivity index (χ0) is 22.9. The Morgan fingerprint density at radius 1 is 1.16 bits per heavy atom. The molecule has 0 aliphatic heterocycles. The molecule has 6 nitrogen and oxygen atoms in total. The maximum Gasteiger partial charge on any atom is 0.307 e. The Morgan fingerprint density at radius 3 is 2.39 bits per heavy atom. The van der Waals surface area contributed by atoms with E-state index in [1.54, 1.807) is 18.2 Å². The normalized spacial score (nSPS) is 15.9. The quantitative estimate of drug-likeness (QED) is 0.653. The van der Waals surface area contributed by atoms with Crippen molar-refractivity contribution in [3.63, 3.8) is 0 Å². The van der Waals surface area contributed by atoms with E-state index < -0.39 is 12.1 Å². The molecule has 1 aliphatic rings. The van der Waals surface area contributed by atoms with Gasteiger partial charge in [-0.15, -0.1) is 0 Å². The van der Waals surface area contributed by atoms with Gasteiger partial charge in [0.05, 0.1) is 16.5 Å². The van der Waals surface area contributed by atoms with E-state index in [9.17, 15) is 25.5 Å². The molecule has 0 fully saturated rings. The molecule has 1 aliphatic carbocycles. The molecule has 1 unspecified atom stereocenters. The van der Waals surface area contributed by atoms with E-state index in [1.807, 2.05) is 37.2 Å². The standard InChI is InChI=1S/C23H17Cl2N3O3/c1-28(2)15-4-3-12(13(5-15)7-21(29)30)6-18-22(14(10-26)11-27)16-8-19(24)20(25)9-17(16)23(18)31/h3-6,8-9,23,31H,7H2,1-2H3,(H,29,30). The van der Waals surface area contributed by atoms with Crippen molar-refractivity contribution in [3.05, 3.63) is 73.8 Å². The molecule has 0 bridgehead atoms. The smallest absolute Gasteiger partial charge is 0.307 e. The van der Waals surface area contributed by atoms with Gasteiger partial charge in [0.25, 0.3) is 0 Å². The fraction of sp³-hybridized carbons (Fsp3) is 0.174. The SMILES string of the molecule is CN(C)c1ccc(C=C2C(=C(C#N)C#N)c3cc(Cl)c(Cl)cc3C2O)c(CC(=O)O)c1. The van der Waals surface area contributed by atoms with Gasteiger partial charge in [-0.2, -0.15) is 10.5 Å². The Kier molecular flexibility index (Phi) is 6.38. The number of halogens is 2. The van der Waals surface area contributed by atoms with Gasteiger partial charge >= 0.3 is 5.97 Å². The molecule has 31 heavy (non-hydrogen) atoms. The van der Waals surface area contributed by atoms with Crippen LogP contribution in [0.15, 0.2) is 41.5 Å². The summed E-state index contributed by atoms with van der Waals surface area (Å²) in [7, 11) is 3.69. The summed E-state index contributed by atoms with van der Waals surface area (Å²) in [5.74, 6) is -1.00. The van der Waals surface area contributed by atoms with Crippen molar-refractivity contribution in [1.29, 1.82) is 10.5 Å². The first-order valence-electron chi connectivity index (χ1n) is 9.13. The maximum absolute atomic E-state index is 11.4. The predicted octanol–water partition coefficient (Wildman–Crippen LogP) is 4.62. The third kappa shape index (κ3) is 4.28. The molecule has 0 aromatic heterocycles. The number of fused-ring (bicyclic) bond motifs is 1. The molecule has 156 valence electrons. The van der Waals surface area contributed by atoms with Gasteiger partial charge in [0.15, 0.2) is 0 Å². The van der Waals surface area contributed by atoms with Gasteiger partial charge in [0.2, 0.25) is 0 Å². The number of carbonyl (C=O) groups is 1. The molecule has 2 aromatic rings. The summed E-state index contributed by atoms with van der Waals surface area (Å²) in [5, 5.41) is 39.8. The Balaban J connectivity index is 2.29. The van der Waals surface area contributed by atoms with Gasteiger partial charge in [-0.3, -0.25) is 4.79 Å². The van der Waals surface area contributed by atoms with Crippen LogP contribution in [0.5, 0.6) is 0 Å². The van der Waals surface area contributed by atoms with Crippen LogP contribution in [0.1, 0.15) is 28.4 Å². The molecule has 3 rings (SSSR count). The summed E-state index contributed by atoms with van der Waals surface area (Å²) in [6, 6.07) is 12.1. The lowest BCUT2D eigenvalue weighted by Gasteiger charge is -2.16. The number of hydrogen-bond donors (Lipinski definition) is 2. The minimum atomic E-state index is -1.16. The number of aliphatic carboxylic acids is 1. The van der Waals surface area contributed by atoms with E-state index >= 15 is 0 Å². The van der Waals surface area contributed by atoms with Crippen LogP contribution in [0.25, 0.3) is 11.6 Å². The molecule has 0 amide bonds. The minimum Gasteiger partial charge on any atom is -0.481 e. The van der Waals surface area contributed by atoms with Gasteiger partial charge in [0.1, 0.15) is 23.8 Å². The number of carboxylic acids is 1. The van der Waals surface area contributed by atoms with Crippen LogP contribution in [0.2, 0.25) is 10.0 Å². The topological polar surface area (TPSA) is 108 Å². The number of rotatable bonds is 4. The van der Waals surface area contributed by atoms with Gasteiger partial charge in [-0.25, -0.2) is 0 Å². The van der Waals surface area contributed by atoms with Gasteiger partial charge in [-0.1, -0.05) is 29.3 Å². The lowest BCUT2D eigenvalue weighted by atomic mass is 9.95. The van der Waals surface area contributed by atoms with Crippen molar-refractivity contribution < 1.29 is 15.0 Å². The summed E-state index contributed by atoms with van der Waals surface area (Å²) in [5.41, 5.74) is 3.13. The molecule has 0 saturated carbocycles. The van der Waals surface area contributed by atoms with E-state index in [4.69, 9.17) is 23.2 Å². The number of nitriles is 2. The first-order valence-corrected chi connectivity index (χ1v) is 9.89. The van der Waals surface area contributed by atoms with Crippen LogP contribution >= 0.6 is 23.2 Å². The molecule has 2 N–H and O–H groups in total. The lowest BCUT2D eigenvalue weighted by Crippen LogP contribution is -2.10. The number of aliphatic hydroxyl groups is 1. The fourth-order valence-corrected chi connectivity index (χ4v) is 3.86. The summed E-state index contributed by atoms with van der Waals surface area (Å²) in [6.45, 7) is 0. The van der Waals surface area contributed by atoms with E-state index in [1.165, 1.54) is 12.1 Å². The second-order valence-corrected chi connectivity index (χ2v) is 7.99. The molecule has 8 heteroatoms. The Morgan fingerprint density at radius 2 is 1.81 bits per heavy atom. The van der Waals surface area contributed by atoms with Crippen molar-refractivity contribution in [3.8, 4) is 12.1 Å². The van der Waals surface area contributed by atoms with Crippen LogP contribution in [0.3, 0.4) is 0 Å². The number of aliphatic hydroxyl groups excluding tert-OH is 1. The minimum absolute atomic E-state index is 0.188. The van der Waals surface area contributed by atoms with Crippen LogP contribution in [-0.2, 0) is 11.2 Å². The van der Waals surface area contributed by atoms with E-state index in [0.29, 0.717) is 27.8 Å². The molecule has 0 radical (unpaired) electrons. The average molecular weight is 454 g/mol. The van der Waals surface area contributed by atoms with Crippen molar-refractivity contribution in [2.75, 3.05) is 19.0 Å². The molecular formula is C23H17Cl2N3O3. The zero-order valence-electron chi connectivity index (χ0n) is 16.6. The first-order chi connectivity index (χ1) is 14.7. The maximum atomic E-state index is 11.4. The summed E-state index contributed by atoms with van der Waals surface area (Å²) in [4.78, 5) is 13.3. The van der Waals surface area contributed by atoms with Gasteiger partial charge in [0, 0.05) is 25.4 Å². The number of allylic oxidation sites excluding steroid dienone is 1. The Labute approximate surface area is 189 Å². The molecule has 1 atom stereocenters. The first kappa shape index (κ1) is 22.4. The Bertz CT molecular complexity index is 1220. The number of anilines is 1. The summed E-state index contributed by atoms with van der Waals surface area (Å²) < 4.78 is 0. The van der Waals surface area contributed by atoms with Crippen molar-refractivity contribution >= 4 is 46.5 Å². The van der Waals surface area contributed by atoms with E-state index in [0.717, 1.165) is 5.69 Å². The molecule has 0 spiro atoms. The number of hydrogen-bond acceptors (Lipinski definition) is 5. The van der Waals surface area contributed by atoms with E-state index in [-0.39, 0.29) is 27.6 Å². The van der Waals surface area contributed by atoms with Crippen molar-refractivity contribution in [1.82, 2.24) is 0 Å². The second kappa shape index (κ2) is 8.83. The van der Waals surface area contributed by atoms with Crippen LogP contribution in [0.4, 0.5) is 5.69 Å². The lowest BCUT2D eigenvalue weighted by molar-refractivity contribution is -0.136. The van der Waals surface area contributed by atoms with Gasteiger partial charge in [-0.05, 0) is 58.2 Å². The molecule has 0 saturated heterocycles. The molecule has 0 heterocycles. The molecule has 2 aromatic carbocycles. The van der Waals surface area contributed by atoms with E-state index in [2.05, 4.69) is 0 Å². The summed E-state index contributed by atoms with van der Waals surface area (Å²) in [6.07, 6.45) is 0.209. The van der Waals surface area contributed by atoms with Crippen LogP contribution in [-0.4, -0.2) is 30.3 Å². The van der Waals surface area contributed by atoms with Crippen LogP contribution in [0, 0.1) is 22.7 Å². The van der Waals surface area contributed by atoms with Crippen molar-refractivity contribution in [2.24, 2.45) is 0 Å². The highest BCUT2D eigenvalue weighted by Gasteiger charge is 2.34. The number of nitrogens with zero attached hydrogens (tertiary/aromatic N) is 3. The predicted molar refractivity (Wildman–Crippen MR) is 120 cm³/mol.